The van der Waals surface area contributed by atoms with Crippen molar-refractivity contribution in [3.05, 3.63) is 12.2 Å². The molecule has 1 aliphatic rings. The van der Waals surface area contributed by atoms with Crippen molar-refractivity contribution >= 4 is 0 Å². The predicted molar refractivity (Wildman–Crippen MR) is 69.7 cm³/mol. The van der Waals surface area contributed by atoms with Crippen molar-refractivity contribution in [3.63, 3.8) is 0 Å². The van der Waals surface area contributed by atoms with Crippen molar-refractivity contribution in [1.82, 2.24) is 14.8 Å². The second-order valence-corrected chi connectivity index (χ2v) is 5.49. The normalized spacial score (nSPS) is 27.3. The Morgan fingerprint density at radius 1 is 1.56 bits per heavy atom. The molecule has 2 rings (SSSR count). The number of nitrogens with zero attached hydrogens (tertiary/aromatic N) is 4. The standard InChI is InChI=1S/C14H22N4/c1-3-7-18-13(16-11-17-18)9-14(10-15)6-5-12(4-2)8-14/h11-12H,3-9H2,1-2H3. The Labute approximate surface area is 109 Å². The second kappa shape index (κ2) is 5.51. The monoisotopic (exact) mass is 246 g/mol. The Balaban J connectivity index is 2.11. The molecule has 2 atom stereocenters. The summed E-state index contributed by atoms with van der Waals surface area (Å²) in [5.74, 6) is 1.70. The molecule has 0 aromatic carbocycles. The average Bonchev–Trinajstić information content (AvgIpc) is 2.99. The lowest BCUT2D eigenvalue weighted by molar-refractivity contribution is 0.363. The lowest BCUT2D eigenvalue weighted by Crippen LogP contribution is -2.21. The Bertz CT molecular complexity index is 431. The Kier molecular flexibility index (Phi) is 4.00. The number of rotatable bonds is 5. The molecule has 2 unspecified atom stereocenters. The maximum atomic E-state index is 9.54. The first kappa shape index (κ1) is 13.1. The van der Waals surface area contributed by atoms with Gasteiger partial charge in [-0.05, 0) is 31.6 Å². The topological polar surface area (TPSA) is 54.5 Å². The molecular formula is C14H22N4. The van der Waals surface area contributed by atoms with Gasteiger partial charge in [0.25, 0.3) is 0 Å². The summed E-state index contributed by atoms with van der Waals surface area (Å²) >= 11 is 0. The van der Waals surface area contributed by atoms with Gasteiger partial charge in [-0.1, -0.05) is 20.3 Å². The first-order chi connectivity index (χ1) is 8.73. The molecule has 1 aromatic heterocycles. The molecule has 1 aliphatic carbocycles. The summed E-state index contributed by atoms with van der Waals surface area (Å²) in [5.41, 5.74) is -0.195. The van der Waals surface area contributed by atoms with Gasteiger partial charge in [0.2, 0.25) is 0 Å². The molecular weight excluding hydrogens is 224 g/mol. The zero-order chi connectivity index (χ0) is 13.0. The molecule has 98 valence electrons. The lowest BCUT2D eigenvalue weighted by atomic mass is 9.83. The van der Waals surface area contributed by atoms with Crippen LogP contribution in [0.1, 0.15) is 51.8 Å². The molecule has 1 fully saturated rings. The van der Waals surface area contributed by atoms with Gasteiger partial charge in [-0.15, -0.1) is 0 Å². The summed E-state index contributed by atoms with van der Waals surface area (Å²) < 4.78 is 1.96. The van der Waals surface area contributed by atoms with E-state index in [0.29, 0.717) is 5.92 Å². The molecule has 4 heteroatoms. The molecule has 1 heterocycles. The van der Waals surface area contributed by atoms with Crippen LogP contribution in [0.25, 0.3) is 0 Å². The highest BCUT2D eigenvalue weighted by Gasteiger charge is 2.39. The smallest absolute Gasteiger partial charge is 0.138 e. The molecule has 1 saturated carbocycles. The van der Waals surface area contributed by atoms with E-state index < -0.39 is 0 Å². The minimum Gasteiger partial charge on any atom is -0.250 e. The van der Waals surface area contributed by atoms with Gasteiger partial charge in [0.05, 0.1) is 11.5 Å². The molecule has 0 saturated heterocycles. The summed E-state index contributed by atoms with van der Waals surface area (Å²) in [6.07, 6.45) is 7.84. The number of hydrogen-bond acceptors (Lipinski definition) is 3. The van der Waals surface area contributed by atoms with Crippen LogP contribution in [-0.2, 0) is 13.0 Å². The largest absolute Gasteiger partial charge is 0.250 e. The summed E-state index contributed by atoms with van der Waals surface area (Å²) in [6, 6.07) is 2.57. The summed E-state index contributed by atoms with van der Waals surface area (Å²) in [4.78, 5) is 4.34. The van der Waals surface area contributed by atoms with Gasteiger partial charge in [0.1, 0.15) is 12.2 Å². The zero-order valence-corrected chi connectivity index (χ0v) is 11.4. The number of nitriles is 1. The van der Waals surface area contributed by atoms with E-state index in [1.54, 1.807) is 6.33 Å². The second-order valence-electron chi connectivity index (χ2n) is 5.49. The number of hydrogen-bond donors (Lipinski definition) is 0. The lowest BCUT2D eigenvalue weighted by Gasteiger charge is -2.20. The van der Waals surface area contributed by atoms with Gasteiger partial charge in [-0.3, -0.25) is 4.68 Å². The number of aromatic nitrogens is 3. The highest BCUT2D eigenvalue weighted by Crippen LogP contribution is 2.44. The molecule has 0 amide bonds. The molecule has 0 spiro atoms. The van der Waals surface area contributed by atoms with Crippen LogP contribution in [0.2, 0.25) is 0 Å². The third-order valence-corrected chi connectivity index (χ3v) is 4.15. The van der Waals surface area contributed by atoms with Crippen LogP contribution < -0.4 is 0 Å². The zero-order valence-electron chi connectivity index (χ0n) is 11.4. The van der Waals surface area contributed by atoms with Gasteiger partial charge in [-0.25, -0.2) is 4.98 Å². The fourth-order valence-corrected chi connectivity index (χ4v) is 3.01. The van der Waals surface area contributed by atoms with Gasteiger partial charge >= 0.3 is 0 Å². The minimum absolute atomic E-state index is 0.195. The Morgan fingerprint density at radius 3 is 3.00 bits per heavy atom. The van der Waals surface area contributed by atoms with Gasteiger partial charge in [0, 0.05) is 13.0 Å². The molecule has 0 radical (unpaired) electrons. The van der Waals surface area contributed by atoms with Gasteiger partial charge in [0.15, 0.2) is 0 Å². The van der Waals surface area contributed by atoms with Crippen molar-refractivity contribution in [1.29, 1.82) is 5.26 Å². The fraction of sp³-hybridized carbons (Fsp3) is 0.786. The van der Waals surface area contributed by atoms with Crippen LogP contribution in [0.3, 0.4) is 0 Å². The highest BCUT2D eigenvalue weighted by atomic mass is 15.3. The maximum Gasteiger partial charge on any atom is 0.138 e. The quantitative estimate of drug-likeness (QED) is 0.802. The van der Waals surface area contributed by atoms with E-state index in [9.17, 15) is 5.26 Å². The van der Waals surface area contributed by atoms with Crippen LogP contribution in [0.5, 0.6) is 0 Å². The first-order valence-corrected chi connectivity index (χ1v) is 7.01. The van der Waals surface area contributed by atoms with Crippen molar-refractivity contribution < 1.29 is 0 Å². The fourth-order valence-electron chi connectivity index (χ4n) is 3.01. The van der Waals surface area contributed by atoms with Gasteiger partial charge < -0.3 is 0 Å². The van der Waals surface area contributed by atoms with E-state index in [1.165, 1.54) is 12.8 Å². The molecule has 4 nitrogen and oxygen atoms in total. The Morgan fingerprint density at radius 2 is 2.39 bits per heavy atom. The van der Waals surface area contributed by atoms with Crippen molar-refractivity contribution in [2.75, 3.05) is 0 Å². The summed E-state index contributed by atoms with van der Waals surface area (Å²) in [6.45, 7) is 5.25. The molecule has 0 aliphatic heterocycles. The first-order valence-electron chi connectivity index (χ1n) is 7.01. The molecule has 1 aromatic rings. The minimum atomic E-state index is -0.195. The van der Waals surface area contributed by atoms with Crippen LogP contribution in [0.4, 0.5) is 0 Å². The van der Waals surface area contributed by atoms with Crippen LogP contribution in [0, 0.1) is 22.7 Å². The van der Waals surface area contributed by atoms with E-state index >= 15 is 0 Å². The maximum absolute atomic E-state index is 9.54. The van der Waals surface area contributed by atoms with E-state index in [1.807, 2.05) is 4.68 Å². The summed E-state index contributed by atoms with van der Waals surface area (Å²) in [7, 11) is 0. The van der Waals surface area contributed by atoms with E-state index in [0.717, 1.165) is 38.1 Å². The predicted octanol–water partition coefficient (Wildman–Crippen LogP) is 2.95. The third kappa shape index (κ3) is 2.55. The van der Waals surface area contributed by atoms with Crippen molar-refractivity contribution in [2.45, 2.75) is 58.9 Å². The van der Waals surface area contributed by atoms with E-state index in [2.05, 4.69) is 30.0 Å². The molecule has 0 bridgehead atoms. The SMILES string of the molecule is CCCn1ncnc1CC1(C#N)CCC(CC)C1. The average molecular weight is 246 g/mol. The highest BCUT2D eigenvalue weighted by molar-refractivity contribution is 5.09. The van der Waals surface area contributed by atoms with Crippen LogP contribution >= 0.6 is 0 Å². The third-order valence-electron chi connectivity index (χ3n) is 4.15. The van der Waals surface area contributed by atoms with Crippen LogP contribution in [0.15, 0.2) is 6.33 Å². The van der Waals surface area contributed by atoms with E-state index in [-0.39, 0.29) is 5.41 Å². The van der Waals surface area contributed by atoms with E-state index in [4.69, 9.17) is 0 Å². The number of aryl methyl sites for hydroxylation is 1. The molecule has 18 heavy (non-hydrogen) atoms. The van der Waals surface area contributed by atoms with Crippen molar-refractivity contribution in [3.8, 4) is 6.07 Å². The van der Waals surface area contributed by atoms with Crippen molar-refractivity contribution in [2.24, 2.45) is 11.3 Å². The summed E-state index contributed by atoms with van der Waals surface area (Å²) in [5, 5.41) is 13.8. The van der Waals surface area contributed by atoms with Crippen LogP contribution in [-0.4, -0.2) is 14.8 Å². The molecule has 0 N–H and O–H groups in total. The Hall–Kier alpha value is -1.37. The van der Waals surface area contributed by atoms with Gasteiger partial charge in [-0.2, -0.15) is 10.4 Å².